The van der Waals surface area contributed by atoms with E-state index >= 15 is 0 Å². The van der Waals surface area contributed by atoms with Crippen LogP contribution in [-0.4, -0.2) is 49.0 Å². The summed E-state index contributed by atoms with van der Waals surface area (Å²) in [6, 6.07) is 20.5. The van der Waals surface area contributed by atoms with Gasteiger partial charge in [0.2, 0.25) is 5.91 Å². The smallest absolute Gasteiger partial charge is 0.369 e. The maximum Gasteiger partial charge on any atom is 0.416 e. The van der Waals surface area contributed by atoms with Crippen LogP contribution in [0.5, 0.6) is 0 Å². The summed E-state index contributed by atoms with van der Waals surface area (Å²) in [5.41, 5.74) is 3.22. The minimum Gasteiger partial charge on any atom is -0.369 e. The molecule has 1 aromatic heterocycles. The van der Waals surface area contributed by atoms with Gasteiger partial charge >= 0.3 is 6.18 Å². The molecule has 0 aliphatic carbocycles. The van der Waals surface area contributed by atoms with Crippen LogP contribution >= 0.6 is 0 Å². The van der Waals surface area contributed by atoms with Gasteiger partial charge in [-0.2, -0.15) is 13.2 Å². The summed E-state index contributed by atoms with van der Waals surface area (Å²) in [5.74, 6) is -0.322. The number of hydrogen-bond acceptors (Lipinski definition) is 4. The van der Waals surface area contributed by atoms with Crippen LogP contribution in [0.25, 0.3) is 16.3 Å². The fourth-order valence-electron chi connectivity index (χ4n) is 4.75. The molecule has 0 saturated carbocycles. The van der Waals surface area contributed by atoms with Gasteiger partial charge in [0.05, 0.1) is 5.56 Å². The number of carbonyl (C=O) groups is 1. The van der Waals surface area contributed by atoms with E-state index in [9.17, 15) is 18.0 Å². The van der Waals surface area contributed by atoms with Crippen molar-refractivity contribution < 1.29 is 18.0 Å². The molecule has 2 heterocycles. The monoisotopic (exact) mass is 542 g/mol. The third-order valence-corrected chi connectivity index (χ3v) is 7.02. The Kier molecular flexibility index (Phi) is 7.98. The summed E-state index contributed by atoms with van der Waals surface area (Å²) < 4.78 is 39.5. The second kappa shape index (κ2) is 11.8. The number of carbonyl (C=O) groups excluding carboxylic acids is 1. The maximum absolute atomic E-state index is 13.2. The Bertz CT molecular complexity index is 1530. The summed E-state index contributed by atoms with van der Waals surface area (Å²) in [5, 5.41) is 4.68. The van der Waals surface area contributed by atoms with Crippen molar-refractivity contribution in [1.29, 1.82) is 0 Å². The molecule has 5 rings (SSSR count). The first-order valence-corrected chi connectivity index (χ1v) is 13.0. The van der Waals surface area contributed by atoms with Gasteiger partial charge in [-0.25, -0.2) is 0 Å². The number of rotatable bonds is 6. The van der Waals surface area contributed by atoms with Crippen molar-refractivity contribution in [2.24, 2.45) is 0 Å². The predicted octanol–water partition coefficient (Wildman–Crippen LogP) is 6.63. The molecular weight excluding hydrogens is 513 g/mol. The SMILES string of the molecule is CN1CCN(c2ccc(/C(=C/C=C/C(=O)Nc3cccc4cnccc34)c3ccc(C(F)(F)F)cc3)cc2)CC1. The summed E-state index contributed by atoms with van der Waals surface area (Å²) in [6.45, 7) is 3.84. The number of aromatic nitrogens is 1. The summed E-state index contributed by atoms with van der Waals surface area (Å²) in [4.78, 5) is 21.5. The third-order valence-electron chi connectivity index (χ3n) is 7.02. The molecule has 204 valence electrons. The molecule has 0 unspecified atom stereocenters. The Morgan fingerprint density at radius 2 is 1.57 bits per heavy atom. The van der Waals surface area contributed by atoms with Gasteiger partial charge in [0.25, 0.3) is 0 Å². The normalized spacial score (nSPS) is 15.1. The number of nitrogens with zero attached hydrogens (tertiary/aromatic N) is 3. The zero-order valence-electron chi connectivity index (χ0n) is 22.0. The molecule has 1 saturated heterocycles. The van der Waals surface area contributed by atoms with Crippen LogP contribution in [0, 0.1) is 0 Å². The van der Waals surface area contributed by atoms with E-state index in [-0.39, 0.29) is 5.91 Å². The van der Waals surface area contributed by atoms with Gasteiger partial charge in [-0.05, 0) is 60.1 Å². The van der Waals surface area contributed by atoms with Crippen molar-refractivity contribution in [2.75, 3.05) is 43.4 Å². The standard InChI is InChI=1S/C32H29F3N4O/c1-38-18-20-39(21-19-38)27-14-10-24(11-15-27)28(23-8-12-26(13-9-23)32(33,34)35)5-3-7-31(40)37-30-6-2-4-25-22-36-17-16-29(25)30/h2-17,22H,18-21H2,1H3,(H,37,40)/b7-3+,28-5+. The molecule has 8 heteroatoms. The topological polar surface area (TPSA) is 48.5 Å². The number of hydrogen-bond donors (Lipinski definition) is 1. The van der Waals surface area contributed by atoms with Gasteiger partial charge in [-0.3, -0.25) is 9.78 Å². The van der Waals surface area contributed by atoms with E-state index in [1.165, 1.54) is 18.2 Å². The zero-order chi connectivity index (χ0) is 28.1. The largest absolute Gasteiger partial charge is 0.416 e. The molecule has 1 N–H and O–H groups in total. The molecule has 1 fully saturated rings. The van der Waals surface area contributed by atoms with Crippen LogP contribution in [0.1, 0.15) is 16.7 Å². The number of piperazine rings is 1. The van der Waals surface area contributed by atoms with Crippen LogP contribution in [0.2, 0.25) is 0 Å². The molecule has 1 aliphatic rings. The lowest BCUT2D eigenvalue weighted by Gasteiger charge is -2.34. The summed E-state index contributed by atoms with van der Waals surface area (Å²) in [7, 11) is 2.11. The van der Waals surface area contributed by atoms with E-state index < -0.39 is 11.7 Å². The quantitative estimate of drug-likeness (QED) is 0.219. The Labute approximate surface area is 231 Å². The van der Waals surface area contributed by atoms with Crippen molar-refractivity contribution in [3.8, 4) is 0 Å². The number of nitrogens with one attached hydrogen (secondary N) is 1. The predicted molar refractivity (Wildman–Crippen MR) is 154 cm³/mol. The highest BCUT2D eigenvalue weighted by Gasteiger charge is 2.30. The molecule has 5 nitrogen and oxygen atoms in total. The molecule has 1 aliphatic heterocycles. The highest BCUT2D eigenvalue weighted by molar-refractivity contribution is 6.06. The van der Waals surface area contributed by atoms with Crippen LogP contribution in [-0.2, 0) is 11.0 Å². The minimum absolute atomic E-state index is 0.322. The highest BCUT2D eigenvalue weighted by atomic mass is 19.4. The molecule has 0 bridgehead atoms. The van der Waals surface area contributed by atoms with Gasteiger partial charge in [0.1, 0.15) is 0 Å². The maximum atomic E-state index is 13.2. The van der Waals surface area contributed by atoms with Gasteiger partial charge in [-0.15, -0.1) is 0 Å². The van der Waals surface area contributed by atoms with E-state index in [1.54, 1.807) is 24.5 Å². The van der Waals surface area contributed by atoms with Gasteiger partial charge < -0.3 is 15.1 Å². The summed E-state index contributed by atoms with van der Waals surface area (Å²) >= 11 is 0. The number of alkyl halides is 3. The molecule has 0 atom stereocenters. The first kappa shape index (κ1) is 27.1. The minimum atomic E-state index is -4.41. The Balaban J connectivity index is 1.40. The molecular formula is C32H29F3N4O. The fourth-order valence-corrected chi connectivity index (χ4v) is 4.75. The number of pyridine rings is 1. The molecule has 0 spiro atoms. The molecule has 40 heavy (non-hydrogen) atoms. The van der Waals surface area contributed by atoms with E-state index in [4.69, 9.17) is 0 Å². The van der Waals surface area contributed by atoms with E-state index in [0.29, 0.717) is 16.8 Å². The lowest BCUT2D eigenvalue weighted by Crippen LogP contribution is -2.44. The molecule has 3 aromatic carbocycles. The molecule has 4 aromatic rings. The van der Waals surface area contributed by atoms with E-state index in [2.05, 4.69) is 27.1 Å². The third kappa shape index (κ3) is 6.40. The Morgan fingerprint density at radius 1 is 0.900 bits per heavy atom. The van der Waals surface area contributed by atoms with Crippen LogP contribution < -0.4 is 10.2 Å². The van der Waals surface area contributed by atoms with Gasteiger partial charge in [0.15, 0.2) is 0 Å². The van der Waals surface area contributed by atoms with Crippen molar-refractivity contribution in [3.05, 3.63) is 120 Å². The molecule has 1 amide bonds. The van der Waals surface area contributed by atoms with E-state index in [1.807, 2.05) is 48.5 Å². The zero-order valence-corrected chi connectivity index (χ0v) is 22.0. The van der Waals surface area contributed by atoms with Crippen molar-refractivity contribution in [1.82, 2.24) is 9.88 Å². The van der Waals surface area contributed by atoms with Gasteiger partial charge in [-0.1, -0.05) is 48.6 Å². The number of halogens is 3. The number of allylic oxidation sites excluding steroid dienone is 2. The number of amides is 1. The summed E-state index contributed by atoms with van der Waals surface area (Å²) in [6.07, 6.45) is 3.76. The Hall–Kier alpha value is -4.43. The lowest BCUT2D eigenvalue weighted by atomic mass is 9.96. The fraction of sp³-hybridized carbons (Fsp3) is 0.188. The number of anilines is 2. The average molecular weight is 543 g/mol. The highest BCUT2D eigenvalue weighted by Crippen LogP contribution is 2.32. The van der Waals surface area contributed by atoms with Crippen LogP contribution in [0.15, 0.2) is 103 Å². The van der Waals surface area contributed by atoms with Crippen LogP contribution in [0.3, 0.4) is 0 Å². The van der Waals surface area contributed by atoms with Gasteiger partial charge in [0, 0.05) is 66.8 Å². The van der Waals surface area contributed by atoms with Crippen molar-refractivity contribution >= 4 is 33.6 Å². The first-order chi connectivity index (χ1) is 19.3. The van der Waals surface area contributed by atoms with Crippen molar-refractivity contribution in [2.45, 2.75) is 6.18 Å². The number of fused-ring (bicyclic) bond motifs is 1. The van der Waals surface area contributed by atoms with Crippen LogP contribution in [0.4, 0.5) is 24.5 Å². The van der Waals surface area contributed by atoms with E-state index in [0.717, 1.165) is 60.3 Å². The molecule has 0 radical (unpaired) electrons. The Morgan fingerprint density at radius 3 is 2.25 bits per heavy atom. The second-order valence-corrected chi connectivity index (χ2v) is 9.74. The average Bonchev–Trinajstić information content (AvgIpc) is 2.96. The number of likely N-dealkylation sites (N-methyl/N-ethyl adjacent to an activating group) is 1. The number of benzene rings is 3. The first-order valence-electron chi connectivity index (χ1n) is 13.0. The lowest BCUT2D eigenvalue weighted by molar-refractivity contribution is -0.137. The van der Waals surface area contributed by atoms with Crippen molar-refractivity contribution in [3.63, 3.8) is 0 Å². The second-order valence-electron chi connectivity index (χ2n) is 9.74.